The van der Waals surface area contributed by atoms with Gasteiger partial charge in [0.1, 0.15) is 0 Å². The first kappa shape index (κ1) is 16.0. The molecule has 6 heteroatoms. The van der Waals surface area contributed by atoms with Crippen molar-refractivity contribution in [1.29, 1.82) is 0 Å². The Morgan fingerprint density at radius 2 is 1.13 bits per heavy atom. The van der Waals surface area contributed by atoms with Crippen molar-refractivity contribution in [2.24, 2.45) is 0 Å². The zero-order chi connectivity index (χ0) is 12.6. The predicted octanol–water partition coefficient (Wildman–Crippen LogP) is 0.544. The molecule has 0 atom stereocenters. The fraction of sp³-hybridized carbons (Fsp3) is 0.778. The van der Waals surface area contributed by atoms with Crippen LogP contribution in [0, 0.1) is 0 Å². The van der Waals surface area contributed by atoms with E-state index in [2.05, 4.69) is 4.74 Å². The van der Waals surface area contributed by atoms with Crippen molar-refractivity contribution in [2.45, 2.75) is 0 Å². The van der Waals surface area contributed by atoms with Gasteiger partial charge >= 0.3 is 12.1 Å². The van der Waals surface area contributed by atoms with Crippen LogP contribution in [0.15, 0.2) is 0 Å². The van der Waals surface area contributed by atoms with Gasteiger partial charge in [0.05, 0.1) is 7.11 Å². The summed E-state index contributed by atoms with van der Waals surface area (Å²) in [5, 5.41) is 0. The lowest BCUT2D eigenvalue weighted by Gasteiger charge is -2.16. The number of carbonyl (C=O) groups is 2. The Bertz CT molecular complexity index is 193. The average Bonchev–Trinajstić information content (AvgIpc) is 2.15. The van der Waals surface area contributed by atoms with Crippen LogP contribution in [0.4, 0.5) is 9.59 Å². The highest BCUT2D eigenvalue weighted by Crippen LogP contribution is 1.83. The lowest BCUT2D eigenvalue weighted by molar-refractivity contribution is 0.141. The van der Waals surface area contributed by atoms with Crippen LogP contribution in [0.3, 0.4) is 0 Å². The average molecular weight is 219 g/mol. The molecule has 3 amide bonds. The molecule has 0 unspecified atom stereocenters. The summed E-state index contributed by atoms with van der Waals surface area (Å²) < 4.78 is 4.30. The van der Waals surface area contributed by atoms with E-state index < -0.39 is 0 Å². The molecule has 0 radical (unpaired) electrons. The van der Waals surface area contributed by atoms with Crippen LogP contribution < -0.4 is 0 Å². The highest BCUT2D eigenvalue weighted by molar-refractivity contribution is 5.73. The van der Waals surface area contributed by atoms with Crippen LogP contribution in [0.25, 0.3) is 0 Å². The first-order valence-electron chi connectivity index (χ1n) is 4.37. The van der Waals surface area contributed by atoms with Gasteiger partial charge in [-0.05, 0) is 0 Å². The molecule has 0 aromatic heterocycles. The molecule has 0 fully saturated rings. The Morgan fingerprint density at radius 1 is 0.800 bits per heavy atom. The molecule has 0 bridgehead atoms. The largest absolute Gasteiger partial charge is 0.453 e. The summed E-state index contributed by atoms with van der Waals surface area (Å²) in [4.78, 5) is 25.3. The molecule has 0 aromatic carbocycles. The number of hydrogen-bond donors (Lipinski definition) is 0. The van der Waals surface area contributed by atoms with Crippen LogP contribution in [-0.4, -0.2) is 76.2 Å². The second kappa shape index (κ2) is 7.90. The fourth-order valence-electron chi connectivity index (χ4n) is 0.583. The van der Waals surface area contributed by atoms with Gasteiger partial charge in [0, 0.05) is 42.3 Å². The molecule has 0 rings (SSSR count). The molecule has 15 heavy (non-hydrogen) atoms. The van der Waals surface area contributed by atoms with Crippen molar-refractivity contribution in [2.75, 3.05) is 49.4 Å². The van der Waals surface area contributed by atoms with Crippen molar-refractivity contribution in [3.8, 4) is 0 Å². The highest BCUT2D eigenvalue weighted by Gasteiger charge is 2.02. The van der Waals surface area contributed by atoms with Crippen molar-refractivity contribution in [3.05, 3.63) is 0 Å². The number of rotatable bonds is 0. The molecule has 0 saturated heterocycles. The Kier molecular flexibility index (Phi) is 8.42. The number of urea groups is 1. The van der Waals surface area contributed by atoms with E-state index >= 15 is 0 Å². The monoisotopic (exact) mass is 219 g/mol. The van der Waals surface area contributed by atoms with Gasteiger partial charge < -0.3 is 19.4 Å². The highest BCUT2D eigenvalue weighted by atomic mass is 16.5. The summed E-state index contributed by atoms with van der Waals surface area (Å²) in [6, 6.07) is 0.0185. The molecule has 0 aliphatic heterocycles. The molecular weight excluding hydrogens is 198 g/mol. The van der Waals surface area contributed by atoms with Gasteiger partial charge in [0.15, 0.2) is 0 Å². The zero-order valence-electron chi connectivity index (χ0n) is 10.6. The number of amides is 3. The van der Waals surface area contributed by atoms with E-state index in [4.69, 9.17) is 0 Å². The van der Waals surface area contributed by atoms with E-state index in [-0.39, 0.29) is 12.1 Å². The minimum Gasteiger partial charge on any atom is -0.453 e. The topological polar surface area (TPSA) is 53.1 Å². The number of hydrogen-bond acceptors (Lipinski definition) is 3. The van der Waals surface area contributed by atoms with Crippen molar-refractivity contribution in [3.63, 3.8) is 0 Å². The van der Waals surface area contributed by atoms with Gasteiger partial charge in [-0.2, -0.15) is 0 Å². The van der Waals surface area contributed by atoms with Crippen LogP contribution in [0.5, 0.6) is 0 Å². The summed E-state index contributed by atoms with van der Waals surface area (Å²) >= 11 is 0. The Morgan fingerprint density at radius 3 is 1.13 bits per heavy atom. The van der Waals surface area contributed by atoms with Crippen molar-refractivity contribution < 1.29 is 14.3 Å². The van der Waals surface area contributed by atoms with Gasteiger partial charge in [-0.1, -0.05) is 0 Å². The van der Waals surface area contributed by atoms with Gasteiger partial charge in [0.25, 0.3) is 0 Å². The molecular formula is C9H21N3O3. The molecule has 90 valence electrons. The molecule has 0 heterocycles. The second-order valence-electron chi connectivity index (χ2n) is 3.44. The molecule has 0 aliphatic carbocycles. The summed E-state index contributed by atoms with van der Waals surface area (Å²) in [7, 11) is 11.5. The van der Waals surface area contributed by atoms with Crippen LogP contribution in [0.1, 0.15) is 0 Å². The van der Waals surface area contributed by atoms with Crippen LogP contribution >= 0.6 is 0 Å². The minimum absolute atomic E-state index is 0.0185. The maximum Gasteiger partial charge on any atom is 0.408 e. The summed E-state index contributed by atoms with van der Waals surface area (Å²) in [5.41, 5.74) is 0. The van der Waals surface area contributed by atoms with E-state index in [1.807, 2.05) is 0 Å². The lowest BCUT2D eigenvalue weighted by atomic mass is 10.7. The first-order chi connectivity index (χ1) is 6.73. The first-order valence-corrected chi connectivity index (χ1v) is 4.37. The summed E-state index contributed by atoms with van der Waals surface area (Å²) in [6.45, 7) is 0. The standard InChI is InChI=1S/C5H12N2O.C4H9NO2/c1-6(2)5(8)7(3)4;1-5(2)4(6)7-3/h1-4H3;1-3H3. The number of carbonyl (C=O) groups excluding carboxylic acids is 2. The van der Waals surface area contributed by atoms with E-state index in [0.29, 0.717) is 0 Å². The summed E-state index contributed by atoms with van der Waals surface area (Å²) in [5.74, 6) is 0. The zero-order valence-corrected chi connectivity index (χ0v) is 10.6. The van der Waals surface area contributed by atoms with E-state index in [1.54, 1.807) is 42.3 Å². The maximum atomic E-state index is 10.7. The number of ether oxygens (including phenoxy) is 1. The van der Waals surface area contributed by atoms with Gasteiger partial charge in [-0.3, -0.25) is 0 Å². The third kappa shape index (κ3) is 8.86. The second-order valence-corrected chi connectivity index (χ2v) is 3.44. The van der Waals surface area contributed by atoms with Crippen LogP contribution in [-0.2, 0) is 4.74 Å². The third-order valence-electron chi connectivity index (χ3n) is 1.30. The minimum atomic E-state index is -0.319. The number of methoxy groups -OCH3 is 1. The Balaban J connectivity index is 0. The quantitative estimate of drug-likeness (QED) is 0.597. The maximum absolute atomic E-state index is 10.7. The molecule has 0 aromatic rings. The molecule has 6 nitrogen and oxygen atoms in total. The molecule has 0 aliphatic rings. The van der Waals surface area contributed by atoms with E-state index in [9.17, 15) is 9.59 Å². The summed E-state index contributed by atoms with van der Waals surface area (Å²) in [6.07, 6.45) is -0.319. The number of nitrogens with zero attached hydrogens (tertiary/aromatic N) is 3. The molecule has 0 spiro atoms. The van der Waals surface area contributed by atoms with Gasteiger partial charge in [-0.15, -0.1) is 0 Å². The van der Waals surface area contributed by atoms with E-state index in [0.717, 1.165) is 0 Å². The van der Waals surface area contributed by atoms with Crippen LogP contribution in [0.2, 0.25) is 0 Å². The molecule has 0 saturated carbocycles. The lowest BCUT2D eigenvalue weighted by Crippen LogP contribution is -2.33. The van der Waals surface area contributed by atoms with Crippen molar-refractivity contribution >= 4 is 12.1 Å². The third-order valence-corrected chi connectivity index (χ3v) is 1.30. The smallest absolute Gasteiger partial charge is 0.408 e. The Hall–Kier alpha value is -1.46. The Labute approximate surface area is 91.4 Å². The SMILES string of the molecule is CN(C)C(=O)N(C)C.COC(=O)N(C)C. The van der Waals surface area contributed by atoms with Gasteiger partial charge in [0.2, 0.25) is 0 Å². The van der Waals surface area contributed by atoms with Gasteiger partial charge in [-0.25, -0.2) is 9.59 Å². The van der Waals surface area contributed by atoms with E-state index in [1.165, 1.54) is 21.8 Å². The van der Waals surface area contributed by atoms with Crippen molar-refractivity contribution in [1.82, 2.24) is 14.7 Å². The normalized spacial score (nSPS) is 8.20. The fourth-order valence-corrected chi connectivity index (χ4v) is 0.583. The predicted molar refractivity (Wildman–Crippen MR) is 58.9 cm³/mol. The molecule has 0 N–H and O–H groups in total.